The van der Waals surface area contributed by atoms with E-state index in [0.717, 1.165) is 30.7 Å². The van der Waals surface area contributed by atoms with Gasteiger partial charge in [0.15, 0.2) is 0 Å². The largest absolute Gasteiger partial charge is 0.481 e. The molecule has 0 radical (unpaired) electrons. The molecule has 0 bridgehead atoms. The second-order valence-electron chi connectivity index (χ2n) is 9.26. The van der Waals surface area contributed by atoms with Crippen molar-refractivity contribution in [1.29, 1.82) is 0 Å². The van der Waals surface area contributed by atoms with Crippen molar-refractivity contribution in [3.8, 4) is 0 Å². The van der Waals surface area contributed by atoms with Crippen LogP contribution in [-0.4, -0.2) is 17.6 Å². The first-order valence-electron chi connectivity index (χ1n) is 12.2. The highest BCUT2D eigenvalue weighted by molar-refractivity contribution is 6.30. The highest BCUT2D eigenvalue weighted by atomic mass is 35.5. The zero-order valence-corrected chi connectivity index (χ0v) is 21.1. The topological polar surface area (TPSA) is 49.3 Å². The SMILES string of the molecule is Cc1ccc(C[C@H](CCCCc2ccc(CNCCC(=O)O)cc2)c2cccc(Cl)c2)cc1C. The molecule has 3 rings (SSSR count). The number of halogens is 1. The van der Waals surface area contributed by atoms with Crippen LogP contribution in [0.2, 0.25) is 5.02 Å². The van der Waals surface area contributed by atoms with Gasteiger partial charge in [0.05, 0.1) is 6.42 Å². The molecule has 0 aliphatic carbocycles. The minimum Gasteiger partial charge on any atom is -0.481 e. The molecule has 0 heterocycles. The van der Waals surface area contributed by atoms with Gasteiger partial charge in [-0.3, -0.25) is 4.79 Å². The Bertz CT molecular complexity index is 1060. The maximum absolute atomic E-state index is 10.6. The Morgan fingerprint density at radius 3 is 2.35 bits per heavy atom. The minimum atomic E-state index is -0.769. The predicted molar refractivity (Wildman–Crippen MR) is 142 cm³/mol. The number of hydrogen-bond donors (Lipinski definition) is 2. The van der Waals surface area contributed by atoms with Crippen LogP contribution in [-0.2, 0) is 24.2 Å². The normalized spacial score (nSPS) is 12.0. The molecule has 0 amide bonds. The van der Waals surface area contributed by atoms with E-state index >= 15 is 0 Å². The third-order valence-electron chi connectivity index (χ3n) is 6.51. The van der Waals surface area contributed by atoms with Crippen LogP contribution in [0.15, 0.2) is 66.7 Å². The van der Waals surface area contributed by atoms with Crippen molar-refractivity contribution < 1.29 is 9.90 Å². The first-order valence-corrected chi connectivity index (χ1v) is 12.6. The van der Waals surface area contributed by atoms with Crippen LogP contribution in [0, 0.1) is 13.8 Å². The van der Waals surface area contributed by atoms with Gasteiger partial charge >= 0.3 is 5.97 Å². The molecule has 180 valence electrons. The summed E-state index contributed by atoms with van der Waals surface area (Å²) in [4.78, 5) is 10.6. The van der Waals surface area contributed by atoms with Gasteiger partial charge in [0, 0.05) is 18.1 Å². The third-order valence-corrected chi connectivity index (χ3v) is 6.74. The number of hydrogen-bond acceptors (Lipinski definition) is 2. The monoisotopic (exact) mass is 477 g/mol. The number of rotatable bonds is 13. The molecule has 3 nitrogen and oxygen atoms in total. The van der Waals surface area contributed by atoms with Crippen molar-refractivity contribution in [1.82, 2.24) is 5.32 Å². The number of aliphatic carboxylic acids is 1. The molecule has 34 heavy (non-hydrogen) atoms. The van der Waals surface area contributed by atoms with Gasteiger partial charge in [-0.05, 0) is 91.0 Å². The summed E-state index contributed by atoms with van der Waals surface area (Å²) in [6, 6.07) is 23.8. The van der Waals surface area contributed by atoms with Gasteiger partial charge in [-0.15, -0.1) is 0 Å². The van der Waals surface area contributed by atoms with Gasteiger partial charge < -0.3 is 10.4 Å². The number of unbranched alkanes of at least 4 members (excludes halogenated alkanes) is 1. The van der Waals surface area contributed by atoms with E-state index < -0.39 is 5.97 Å². The fraction of sp³-hybridized carbons (Fsp3) is 0.367. The predicted octanol–water partition coefficient (Wildman–Crippen LogP) is 7.26. The number of carboxylic acids is 1. The zero-order valence-electron chi connectivity index (χ0n) is 20.3. The summed E-state index contributed by atoms with van der Waals surface area (Å²) in [7, 11) is 0. The summed E-state index contributed by atoms with van der Waals surface area (Å²) in [5.74, 6) is -0.311. The van der Waals surface area contributed by atoms with E-state index in [0.29, 0.717) is 19.0 Å². The Hall–Kier alpha value is -2.62. The molecule has 1 atom stereocenters. The molecule has 0 unspecified atom stereocenters. The van der Waals surface area contributed by atoms with Crippen LogP contribution in [0.3, 0.4) is 0 Å². The number of benzene rings is 3. The molecule has 0 saturated heterocycles. The molecule has 0 aliphatic rings. The number of carboxylic acid groups (broad SMARTS) is 1. The Morgan fingerprint density at radius 1 is 0.912 bits per heavy atom. The van der Waals surface area contributed by atoms with E-state index in [1.807, 2.05) is 6.07 Å². The minimum absolute atomic E-state index is 0.151. The van der Waals surface area contributed by atoms with E-state index in [1.54, 1.807) is 0 Å². The third kappa shape index (κ3) is 8.62. The van der Waals surface area contributed by atoms with Gasteiger partial charge in [-0.25, -0.2) is 0 Å². The Balaban J connectivity index is 1.52. The molecule has 0 fully saturated rings. The quantitative estimate of drug-likeness (QED) is 0.255. The Kier molecular flexibility index (Phi) is 10.2. The summed E-state index contributed by atoms with van der Waals surface area (Å²) < 4.78 is 0. The molecule has 0 spiro atoms. The van der Waals surface area contributed by atoms with E-state index in [4.69, 9.17) is 16.7 Å². The maximum atomic E-state index is 10.6. The lowest BCUT2D eigenvalue weighted by Gasteiger charge is -2.19. The van der Waals surface area contributed by atoms with Crippen LogP contribution in [0.4, 0.5) is 0 Å². The lowest BCUT2D eigenvalue weighted by molar-refractivity contribution is -0.136. The molecule has 0 saturated carbocycles. The van der Waals surface area contributed by atoms with Crippen molar-refractivity contribution in [2.24, 2.45) is 0 Å². The molecular formula is C30H36ClNO2. The van der Waals surface area contributed by atoms with Gasteiger partial charge in [0.1, 0.15) is 0 Å². The second-order valence-corrected chi connectivity index (χ2v) is 9.69. The highest BCUT2D eigenvalue weighted by Gasteiger charge is 2.14. The van der Waals surface area contributed by atoms with Crippen molar-refractivity contribution in [3.63, 3.8) is 0 Å². The van der Waals surface area contributed by atoms with E-state index in [9.17, 15) is 4.79 Å². The number of nitrogens with one attached hydrogen (secondary N) is 1. The molecule has 4 heteroatoms. The first-order chi connectivity index (χ1) is 16.4. The number of carbonyl (C=O) groups is 1. The lowest BCUT2D eigenvalue weighted by atomic mass is 9.86. The van der Waals surface area contributed by atoms with E-state index in [-0.39, 0.29) is 6.42 Å². The molecule has 3 aromatic carbocycles. The van der Waals surface area contributed by atoms with E-state index in [1.165, 1.54) is 39.8 Å². The zero-order chi connectivity index (χ0) is 24.3. The van der Waals surface area contributed by atoms with Gasteiger partial charge in [0.2, 0.25) is 0 Å². The molecule has 3 aromatic rings. The summed E-state index contributed by atoms with van der Waals surface area (Å²) >= 11 is 6.32. The van der Waals surface area contributed by atoms with Crippen LogP contribution < -0.4 is 5.32 Å². The van der Waals surface area contributed by atoms with Crippen LogP contribution in [0.1, 0.15) is 65.0 Å². The molecule has 0 aliphatic heterocycles. The lowest BCUT2D eigenvalue weighted by Crippen LogP contribution is -2.17. The van der Waals surface area contributed by atoms with Crippen molar-refractivity contribution >= 4 is 17.6 Å². The summed E-state index contributed by atoms with van der Waals surface area (Å²) in [6.45, 7) is 5.54. The smallest absolute Gasteiger partial charge is 0.304 e. The summed E-state index contributed by atoms with van der Waals surface area (Å²) in [5.41, 5.74) is 7.94. The van der Waals surface area contributed by atoms with Gasteiger partial charge in [-0.2, -0.15) is 0 Å². The average molecular weight is 478 g/mol. The van der Waals surface area contributed by atoms with E-state index in [2.05, 4.69) is 79.8 Å². The van der Waals surface area contributed by atoms with Crippen molar-refractivity contribution in [3.05, 3.63) is 105 Å². The van der Waals surface area contributed by atoms with Crippen LogP contribution in [0.25, 0.3) is 0 Å². The Morgan fingerprint density at radius 2 is 1.65 bits per heavy atom. The van der Waals surface area contributed by atoms with Crippen LogP contribution in [0.5, 0.6) is 0 Å². The summed E-state index contributed by atoms with van der Waals surface area (Å²) in [6.07, 6.45) is 5.71. The molecule has 2 N–H and O–H groups in total. The highest BCUT2D eigenvalue weighted by Crippen LogP contribution is 2.29. The maximum Gasteiger partial charge on any atom is 0.304 e. The first kappa shape index (κ1) is 26.0. The van der Waals surface area contributed by atoms with Crippen molar-refractivity contribution in [2.45, 2.75) is 64.8 Å². The standard InChI is InChI=1S/C30H36ClNO2/c1-22-10-11-26(18-23(22)2)19-27(28-8-5-9-29(31)20-28)7-4-3-6-24-12-14-25(15-13-24)21-32-17-16-30(33)34/h5,8-15,18,20,27,32H,3-4,6-7,16-17,19,21H2,1-2H3,(H,33,34)/t27-/m0/s1. The van der Waals surface area contributed by atoms with Gasteiger partial charge in [0.25, 0.3) is 0 Å². The second kappa shape index (κ2) is 13.3. The number of aryl methyl sites for hydroxylation is 3. The molecule has 0 aromatic heterocycles. The Labute approximate surface area is 209 Å². The fourth-order valence-electron chi connectivity index (χ4n) is 4.33. The van der Waals surface area contributed by atoms with Crippen LogP contribution >= 0.6 is 11.6 Å². The fourth-order valence-corrected chi connectivity index (χ4v) is 4.53. The van der Waals surface area contributed by atoms with Crippen molar-refractivity contribution in [2.75, 3.05) is 6.54 Å². The average Bonchev–Trinajstić information content (AvgIpc) is 2.82. The molecular weight excluding hydrogens is 442 g/mol. The summed E-state index contributed by atoms with van der Waals surface area (Å²) in [5, 5.41) is 12.7. The van der Waals surface area contributed by atoms with Gasteiger partial charge in [-0.1, -0.05) is 72.6 Å².